The van der Waals surface area contributed by atoms with Crippen LogP contribution in [0.2, 0.25) is 10.0 Å². The predicted octanol–water partition coefficient (Wildman–Crippen LogP) is 5.60. The van der Waals surface area contributed by atoms with E-state index in [1.807, 2.05) is 0 Å². The first-order valence-electron chi connectivity index (χ1n) is 9.65. The molecule has 1 heterocycles. The van der Waals surface area contributed by atoms with Gasteiger partial charge in [0.1, 0.15) is 12.8 Å². The Labute approximate surface area is 204 Å². The van der Waals surface area contributed by atoms with E-state index in [4.69, 9.17) is 27.9 Å². The molecule has 1 unspecified atom stereocenters. The van der Waals surface area contributed by atoms with Crippen molar-refractivity contribution in [3.05, 3.63) is 87.2 Å². The lowest BCUT2D eigenvalue weighted by Crippen LogP contribution is -2.34. The number of methoxy groups -OCH3 is 1. The van der Waals surface area contributed by atoms with Crippen molar-refractivity contribution in [2.45, 2.75) is 24.1 Å². The van der Waals surface area contributed by atoms with Crippen molar-refractivity contribution in [2.75, 3.05) is 18.1 Å². The zero-order chi connectivity index (χ0) is 25.3. The molecule has 12 heteroatoms. The van der Waals surface area contributed by atoms with Crippen LogP contribution < -0.4 is 4.31 Å². The number of halogens is 5. The Morgan fingerprint density at radius 1 is 1.12 bits per heavy atom. The number of hydrogen-bond acceptors (Lipinski definition) is 5. The molecule has 1 N–H and O–H groups in total. The number of rotatable bonds is 7. The molecular formula is C22H19Cl2F3N2O4S. The molecule has 0 saturated heterocycles. The van der Waals surface area contributed by atoms with Gasteiger partial charge < -0.3 is 9.84 Å². The molecule has 2 aromatic carbocycles. The van der Waals surface area contributed by atoms with E-state index in [-0.39, 0.29) is 22.0 Å². The number of aromatic nitrogens is 1. The van der Waals surface area contributed by atoms with Gasteiger partial charge in [-0.15, -0.1) is 0 Å². The molecular weight excluding hydrogens is 516 g/mol. The zero-order valence-electron chi connectivity index (χ0n) is 17.8. The Balaban J connectivity index is 2.20. The molecule has 34 heavy (non-hydrogen) atoms. The van der Waals surface area contributed by atoms with Crippen LogP contribution in [0.1, 0.15) is 28.5 Å². The fourth-order valence-corrected chi connectivity index (χ4v) is 5.09. The molecule has 0 fully saturated rings. The van der Waals surface area contributed by atoms with Crippen molar-refractivity contribution in [2.24, 2.45) is 0 Å². The number of ether oxygens (including phenoxy) is 1. The van der Waals surface area contributed by atoms with Gasteiger partial charge in [-0.1, -0.05) is 41.4 Å². The van der Waals surface area contributed by atoms with Crippen molar-refractivity contribution >= 4 is 38.9 Å². The smallest absolute Gasteiger partial charge is 0.382 e. The summed E-state index contributed by atoms with van der Waals surface area (Å²) >= 11 is 11.8. The molecule has 0 spiro atoms. The largest absolute Gasteiger partial charge is 0.417 e. The highest BCUT2D eigenvalue weighted by atomic mass is 35.5. The summed E-state index contributed by atoms with van der Waals surface area (Å²) < 4.78 is 72.9. The van der Waals surface area contributed by atoms with Crippen molar-refractivity contribution in [1.82, 2.24) is 4.98 Å². The second-order valence-corrected chi connectivity index (χ2v) is 9.93. The highest BCUT2D eigenvalue weighted by Crippen LogP contribution is 2.39. The van der Waals surface area contributed by atoms with Crippen LogP contribution in [-0.2, 0) is 20.9 Å². The average molecular weight is 535 g/mol. The van der Waals surface area contributed by atoms with Crippen molar-refractivity contribution in [3.8, 4) is 0 Å². The maximum Gasteiger partial charge on any atom is 0.417 e. The lowest BCUT2D eigenvalue weighted by molar-refractivity contribution is -0.137. The molecule has 0 aliphatic carbocycles. The molecule has 6 nitrogen and oxygen atoms in total. The number of nitrogens with zero attached hydrogens (tertiary/aromatic N) is 2. The third-order valence-electron chi connectivity index (χ3n) is 4.84. The number of pyridine rings is 1. The second kappa shape index (κ2) is 10.1. The Kier molecular flexibility index (Phi) is 7.79. The summed E-state index contributed by atoms with van der Waals surface area (Å²) in [5, 5.41) is 10.6. The van der Waals surface area contributed by atoms with Crippen LogP contribution in [0.25, 0.3) is 0 Å². The molecule has 3 rings (SSSR count). The predicted molar refractivity (Wildman–Crippen MR) is 122 cm³/mol. The number of benzene rings is 2. The monoisotopic (exact) mass is 534 g/mol. The number of aliphatic hydroxyl groups is 1. The summed E-state index contributed by atoms with van der Waals surface area (Å²) in [5.74, 6) is 0. The van der Waals surface area contributed by atoms with E-state index in [2.05, 4.69) is 4.98 Å². The van der Waals surface area contributed by atoms with E-state index < -0.39 is 44.5 Å². The minimum Gasteiger partial charge on any atom is -0.382 e. The topological polar surface area (TPSA) is 79.7 Å². The van der Waals surface area contributed by atoms with Gasteiger partial charge in [0.25, 0.3) is 10.0 Å². The van der Waals surface area contributed by atoms with Crippen molar-refractivity contribution < 1.29 is 31.4 Å². The van der Waals surface area contributed by atoms with E-state index in [0.29, 0.717) is 11.6 Å². The summed E-state index contributed by atoms with van der Waals surface area (Å²) in [6.45, 7) is 1.07. The highest BCUT2D eigenvalue weighted by molar-refractivity contribution is 7.92. The van der Waals surface area contributed by atoms with Crippen LogP contribution in [0.4, 0.5) is 18.9 Å². The number of sulfonamides is 1. The Morgan fingerprint density at radius 2 is 1.79 bits per heavy atom. The summed E-state index contributed by atoms with van der Waals surface area (Å²) in [5.41, 5.74) is -0.663. The normalized spacial score (nSPS) is 13.1. The van der Waals surface area contributed by atoms with Gasteiger partial charge in [-0.3, -0.25) is 4.98 Å². The molecule has 1 aromatic heterocycles. The molecule has 182 valence electrons. The van der Waals surface area contributed by atoms with Crippen LogP contribution in [0.15, 0.2) is 59.6 Å². The Bertz CT molecular complexity index is 1300. The van der Waals surface area contributed by atoms with Gasteiger partial charge >= 0.3 is 6.18 Å². The van der Waals surface area contributed by atoms with Crippen LogP contribution in [0.5, 0.6) is 0 Å². The summed E-state index contributed by atoms with van der Waals surface area (Å²) in [4.78, 5) is 3.54. The van der Waals surface area contributed by atoms with Crippen LogP contribution in [0, 0.1) is 6.92 Å². The Hall–Kier alpha value is -2.37. The van der Waals surface area contributed by atoms with Crippen LogP contribution in [0.3, 0.4) is 0 Å². The molecule has 0 aliphatic heterocycles. The van der Waals surface area contributed by atoms with Gasteiger partial charge in [-0.25, -0.2) is 12.7 Å². The number of hydrogen-bond donors (Lipinski definition) is 1. The number of anilines is 1. The molecule has 0 radical (unpaired) electrons. The maximum absolute atomic E-state index is 13.5. The summed E-state index contributed by atoms with van der Waals surface area (Å²) in [6, 6.07) is 10.1. The third kappa shape index (κ3) is 5.31. The maximum atomic E-state index is 13.5. The van der Waals surface area contributed by atoms with E-state index in [0.717, 1.165) is 16.4 Å². The summed E-state index contributed by atoms with van der Waals surface area (Å²) in [6.07, 6.45) is -4.89. The van der Waals surface area contributed by atoms with Gasteiger partial charge in [0, 0.05) is 23.9 Å². The van der Waals surface area contributed by atoms with Crippen LogP contribution >= 0.6 is 23.2 Å². The molecule has 3 aromatic rings. The van der Waals surface area contributed by atoms with Gasteiger partial charge in [0.2, 0.25) is 0 Å². The van der Waals surface area contributed by atoms with E-state index in [1.54, 1.807) is 31.2 Å². The standard InChI is InChI=1S/C22H19Cl2F3N2O4S/c1-13-9-19(20(28-11-13)21(30)15-5-3-4-6-17(15)23)29(12-33-2)34(31,32)14-7-8-18(24)16(10-14)22(25,26)27/h3-11,21,30H,12H2,1-2H3. The lowest BCUT2D eigenvalue weighted by Gasteiger charge is -2.27. The third-order valence-corrected chi connectivity index (χ3v) is 7.25. The average Bonchev–Trinajstić information content (AvgIpc) is 2.76. The lowest BCUT2D eigenvalue weighted by atomic mass is 10.0. The molecule has 0 saturated carbocycles. The fraction of sp³-hybridized carbons (Fsp3) is 0.227. The second-order valence-electron chi connectivity index (χ2n) is 7.25. The first kappa shape index (κ1) is 26.2. The van der Waals surface area contributed by atoms with E-state index in [9.17, 15) is 26.7 Å². The van der Waals surface area contributed by atoms with Gasteiger partial charge in [-0.2, -0.15) is 13.2 Å². The SMILES string of the molecule is COCN(c1cc(C)cnc1C(O)c1ccccc1Cl)S(=O)(=O)c1ccc(Cl)c(C(F)(F)F)c1. The van der Waals surface area contributed by atoms with Crippen LogP contribution in [-0.4, -0.2) is 32.3 Å². The molecule has 0 bridgehead atoms. The first-order chi connectivity index (χ1) is 15.9. The minimum atomic E-state index is -4.87. The quantitative estimate of drug-likeness (QED) is 0.399. The fourth-order valence-electron chi connectivity index (χ4n) is 3.21. The van der Waals surface area contributed by atoms with E-state index in [1.165, 1.54) is 19.4 Å². The molecule has 0 amide bonds. The minimum absolute atomic E-state index is 0.0793. The van der Waals surface area contributed by atoms with Crippen molar-refractivity contribution in [1.29, 1.82) is 0 Å². The highest BCUT2D eigenvalue weighted by Gasteiger charge is 2.36. The first-order valence-corrected chi connectivity index (χ1v) is 11.8. The number of aliphatic hydroxyl groups excluding tert-OH is 1. The zero-order valence-corrected chi connectivity index (χ0v) is 20.2. The molecule has 1 atom stereocenters. The van der Waals surface area contributed by atoms with Gasteiger partial charge in [0.15, 0.2) is 0 Å². The summed E-state index contributed by atoms with van der Waals surface area (Å²) in [7, 11) is -3.39. The number of aryl methyl sites for hydroxylation is 1. The van der Waals surface area contributed by atoms with Gasteiger partial charge in [-0.05, 0) is 42.8 Å². The van der Waals surface area contributed by atoms with Crippen molar-refractivity contribution in [3.63, 3.8) is 0 Å². The van der Waals surface area contributed by atoms with E-state index >= 15 is 0 Å². The number of alkyl halides is 3. The molecule has 0 aliphatic rings. The van der Waals surface area contributed by atoms with Gasteiger partial charge in [0.05, 0.1) is 26.9 Å². The Morgan fingerprint density at radius 3 is 2.41 bits per heavy atom.